The van der Waals surface area contributed by atoms with E-state index in [1.807, 2.05) is 0 Å². The Labute approximate surface area is 343 Å². The molecule has 0 radical (unpaired) electrons. The van der Waals surface area contributed by atoms with Crippen molar-refractivity contribution in [3.63, 3.8) is 0 Å². The van der Waals surface area contributed by atoms with Crippen molar-refractivity contribution in [3.05, 3.63) is 0 Å². The monoisotopic (exact) mass is 819 g/mol. The molecule has 2 saturated heterocycles. The molecule has 13 heteroatoms. The van der Waals surface area contributed by atoms with Crippen LogP contribution in [0.4, 0.5) is 0 Å². The number of esters is 2. The summed E-state index contributed by atoms with van der Waals surface area (Å²) < 4.78 is 28.5. The lowest BCUT2D eigenvalue weighted by molar-refractivity contribution is -0.356. The molecule has 6 N–H and O–H groups in total. The number of carbonyl (C=O) groups excluding carboxylic acids is 2. The quantitative estimate of drug-likeness (QED) is 0.0297. The van der Waals surface area contributed by atoms with Crippen LogP contribution in [0.3, 0.4) is 0 Å². The van der Waals surface area contributed by atoms with Crippen molar-refractivity contribution in [3.8, 4) is 0 Å². The van der Waals surface area contributed by atoms with Crippen molar-refractivity contribution in [2.24, 2.45) is 0 Å². The maximum atomic E-state index is 13.2. The molecule has 2 fully saturated rings. The van der Waals surface area contributed by atoms with E-state index in [0.29, 0.717) is 12.8 Å². The van der Waals surface area contributed by atoms with Gasteiger partial charge < -0.3 is 54.3 Å². The summed E-state index contributed by atoms with van der Waals surface area (Å²) >= 11 is 0. The molecular formula is C44H82O13. The molecule has 2 heterocycles. The van der Waals surface area contributed by atoms with Crippen molar-refractivity contribution in [1.82, 2.24) is 0 Å². The number of aliphatic hydroxyl groups is 6. The Morgan fingerprint density at radius 3 is 1.19 bits per heavy atom. The molecule has 336 valence electrons. The lowest BCUT2D eigenvalue weighted by atomic mass is 9.96. The molecule has 2 aliphatic heterocycles. The van der Waals surface area contributed by atoms with Gasteiger partial charge in [-0.25, -0.2) is 0 Å². The number of carbonyl (C=O) groups is 2. The van der Waals surface area contributed by atoms with Gasteiger partial charge in [-0.15, -0.1) is 0 Å². The van der Waals surface area contributed by atoms with Gasteiger partial charge in [0.1, 0.15) is 36.6 Å². The number of hydrogen-bond acceptors (Lipinski definition) is 13. The van der Waals surface area contributed by atoms with E-state index in [4.69, 9.17) is 23.7 Å². The fourth-order valence-electron chi connectivity index (χ4n) is 7.80. The zero-order chi connectivity index (χ0) is 41.7. The highest BCUT2D eigenvalue weighted by Crippen LogP contribution is 2.32. The predicted octanol–water partition coefficient (Wildman–Crippen LogP) is 6.67. The van der Waals surface area contributed by atoms with Crippen LogP contribution in [-0.2, 0) is 33.3 Å². The van der Waals surface area contributed by atoms with Gasteiger partial charge in [-0.3, -0.25) is 9.59 Å². The van der Waals surface area contributed by atoms with Crippen LogP contribution in [0, 0.1) is 0 Å². The first kappa shape index (κ1) is 51.7. The average molecular weight is 819 g/mol. The zero-order valence-electron chi connectivity index (χ0n) is 35.5. The number of ether oxygens (including phenoxy) is 5. The fourth-order valence-corrected chi connectivity index (χ4v) is 7.80. The molecular weight excluding hydrogens is 736 g/mol. The van der Waals surface area contributed by atoms with Crippen molar-refractivity contribution in [1.29, 1.82) is 0 Å². The molecule has 0 aliphatic carbocycles. The van der Waals surface area contributed by atoms with Gasteiger partial charge >= 0.3 is 11.9 Å². The van der Waals surface area contributed by atoms with Gasteiger partial charge in [0.15, 0.2) is 24.8 Å². The SMILES string of the molecule is CCCCCCCCCCCCCCCC(=O)O[C@H]1[C@@H](O[C@H]2[C@H](O)[C@@H](O)[C@H](O)O[C@@H]2CO)O[C@H](CO)[C@@H](O)[C@@H]1OC(=O)CCCCCCCCCCCCCCC. The molecule has 0 aromatic carbocycles. The molecule has 2 rings (SSSR count). The largest absolute Gasteiger partial charge is 0.455 e. The standard InChI is InChI=1S/C44H82O13/c1-3-5-7-9-11-13-15-17-19-21-23-25-27-29-35(47)55-41-37(49)33(31-45)54-44(57-40-34(32-46)53-43(52)39(51)38(40)50)42(41)56-36(48)30-28-26-24-22-20-18-16-14-12-10-8-6-4-2/h33-34,37-46,49-52H,3-32H2,1-2H3/t33-,34-,37-,38-,39-,40-,41+,42-,43-,44-/m1/s1. The summed E-state index contributed by atoms with van der Waals surface area (Å²) in [6.07, 6.45) is 14.3. The minimum absolute atomic E-state index is 0.0550. The smallest absolute Gasteiger partial charge is 0.306 e. The van der Waals surface area contributed by atoms with Crippen molar-refractivity contribution >= 4 is 11.9 Å². The maximum Gasteiger partial charge on any atom is 0.306 e. The summed E-state index contributed by atoms with van der Waals surface area (Å²) in [5, 5.41) is 62.2. The Kier molecular flexibility index (Phi) is 29.4. The second kappa shape index (κ2) is 32.4. The van der Waals surface area contributed by atoms with Crippen LogP contribution in [0.2, 0.25) is 0 Å². The molecule has 13 nitrogen and oxygen atoms in total. The van der Waals surface area contributed by atoms with Crippen LogP contribution >= 0.6 is 0 Å². The number of aliphatic hydroxyl groups excluding tert-OH is 6. The van der Waals surface area contributed by atoms with Crippen molar-refractivity contribution in [2.75, 3.05) is 13.2 Å². The molecule has 0 spiro atoms. The van der Waals surface area contributed by atoms with Crippen LogP contribution in [0.1, 0.15) is 194 Å². The van der Waals surface area contributed by atoms with Crippen molar-refractivity contribution < 1.29 is 63.9 Å². The number of rotatable bonds is 34. The van der Waals surface area contributed by atoms with Gasteiger partial charge in [0.25, 0.3) is 0 Å². The average Bonchev–Trinajstić information content (AvgIpc) is 3.20. The van der Waals surface area contributed by atoms with Crippen molar-refractivity contribution in [2.45, 2.75) is 255 Å². The van der Waals surface area contributed by atoms with Gasteiger partial charge in [-0.2, -0.15) is 0 Å². The topological polar surface area (TPSA) is 202 Å². The zero-order valence-corrected chi connectivity index (χ0v) is 35.5. The molecule has 0 bridgehead atoms. The van der Waals surface area contributed by atoms with Crippen LogP contribution in [0.25, 0.3) is 0 Å². The first-order valence-corrected chi connectivity index (χ1v) is 23.0. The van der Waals surface area contributed by atoms with E-state index < -0.39 is 86.6 Å². The van der Waals surface area contributed by atoms with Gasteiger partial charge in [0.05, 0.1) is 13.2 Å². The molecule has 2 aliphatic rings. The summed E-state index contributed by atoms with van der Waals surface area (Å²) in [6, 6.07) is 0. The predicted molar refractivity (Wildman–Crippen MR) is 217 cm³/mol. The van der Waals surface area contributed by atoms with E-state index in [1.165, 1.54) is 103 Å². The normalized spacial score (nSPS) is 27.7. The van der Waals surface area contributed by atoms with E-state index in [-0.39, 0.29) is 12.8 Å². The van der Waals surface area contributed by atoms with Crippen LogP contribution in [0.15, 0.2) is 0 Å². The second-order valence-corrected chi connectivity index (χ2v) is 16.4. The van der Waals surface area contributed by atoms with E-state index in [9.17, 15) is 40.2 Å². The first-order valence-electron chi connectivity index (χ1n) is 23.0. The molecule has 0 unspecified atom stereocenters. The highest BCUT2D eigenvalue weighted by Gasteiger charge is 2.53. The lowest BCUT2D eigenvalue weighted by Crippen LogP contribution is -2.65. The molecule has 10 atom stereocenters. The summed E-state index contributed by atoms with van der Waals surface area (Å²) in [5.74, 6) is -1.26. The third-order valence-electron chi connectivity index (χ3n) is 11.4. The fraction of sp³-hybridized carbons (Fsp3) is 0.955. The highest BCUT2D eigenvalue weighted by molar-refractivity contribution is 5.70. The van der Waals surface area contributed by atoms with E-state index in [0.717, 1.165) is 51.4 Å². The Bertz CT molecular complexity index is 999. The Balaban J connectivity index is 1.93. The lowest BCUT2D eigenvalue weighted by Gasteiger charge is -2.46. The van der Waals surface area contributed by atoms with E-state index in [1.54, 1.807) is 0 Å². The summed E-state index contributed by atoms with van der Waals surface area (Å²) in [6.45, 7) is 3.03. The van der Waals surface area contributed by atoms with Gasteiger partial charge in [0.2, 0.25) is 0 Å². The van der Waals surface area contributed by atoms with Gasteiger partial charge in [-0.1, -0.05) is 168 Å². The molecule has 0 amide bonds. The van der Waals surface area contributed by atoms with Crippen LogP contribution in [-0.4, -0.2) is 117 Å². The Hall–Kier alpha value is -1.42. The summed E-state index contributed by atoms with van der Waals surface area (Å²) in [7, 11) is 0. The van der Waals surface area contributed by atoms with E-state index in [2.05, 4.69) is 13.8 Å². The maximum absolute atomic E-state index is 13.2. The number of unbranched alkanes of at least 4 members (excludes halogenated alkanes) is 24. The summed E-state index contributed by atoms with van der Waals surface area (Å²) in [5.41, 5.74) is 0. The van der Waals surface area contributed by atoms with Crippen LogP contribution < -0.4 is 0 Å². The molecule has 0 aromatic rings. The van der Waals surface area contributed by atoms with Gasteiger partial charge in [-0.05, 0) is 12.8 Å². The molecule has 0 saturated carbocycles. The number of hydrogen-bond donors (Lipinski definition) is 6. The minimum Gasteiger partial charge on any atom is -0.455 e. The third kappa shape index (κ3) is 21.1. The Morgan fingerprint density at radius 1 is 0.439 bits per heavy atom. The first-order chi connectivity index (χ1) is 27.7. The summed E-state index contributed by atoms with van der Waals surface area (Å²) in [4.78, 5) is 26.4. The van der Waals surface area contributed by atoms with E-state index >= 15 is 0 Å². The van der Waals surface area contributed by atoms with Crippen LogP contribution in [0.5, 0.6) is 0 Å². The second-order valence-electron chi connectivity index (χ2n) is 16.4. The Morgan fingerprint density at radius 2 is 0.807 bits per heavy atom. The van der Waals surface area contributed by atoms with Gasteiger partial charge in [0, 0.05) is 12.8 Å². The molecule has 0 aromatic heterocycles. The highest BCUT2D eigenvalue weighted by atomic mass is 16.7. The minimum atomic E-state index is -1.80. The third-order valence-corrected chi connectivity index (χ3v) is 11.4. The molecule has 57 heavy (non-hydrogen) atoms.